The van der Waals surface area contributed by atoms with E-state index in [2.05, 4.69) is 20.8 Å². The number of piperidine rings is 1. The normalized spacial score (nSPS) is 20.7. The van der Waals surface area contributed by atoms with E-state index < -0.39 is 0 Å². The van der Waals surface area contributed by atoms with Gasteiger partial charge in [0, 0.05) is 13.2 Å². The highest BCUT2D eigenvalue weighted by Gasteiger charge is 2.35. The van der Waals surface area contributed by atoms with Crippen LogP contribution in [0.1, 0.15) is 50.2 Å². The Balaban J connectivity index is 0.00000132. The summed E-state index contributed by atoms with van der Waals surface area (Å²) in [7, 11) is 1.63. The Morgan fingerprint density at radius 2 is 1.91 bits per heavy atom. The molecule has 3 rings (SSSR count). The van der Waals surface area contributed by atoms with E-state index in [0.717, 1.165) is 5.82 Å². The second-order valence-electron chi connectivity index (χ2n) is 6.44. The second kappa shape index (κ2) is 9.79. The zero-order chi connectivity index (χ0) is 14.5. The fourth-order valence-corrected chi connectivity index (χ4v) is 3.67. The van der Waals surface area contributed by atoms with Gasteiger partial charge in [0.2, 0.25) is 0 Å². The molecule has 1 aliphatic carbocycles. The van der Waals surface area contributed by atoms with Crippen molar-refractivity contribution in [2.75, 3.05) is 20.2 Å². The maximum Gasteiger partial charge on any atom is 0.252 e. The van der Waals surface area contributed by atoms with Crippen LogP contribution < -0.4 is 10.6 Å². The van der Waals surface area contributed by atoms with E-state index in [1.165, 1.54) is 51.6 Å². The second-order valence-corrected chi connectivity index (χ2v) is 6.44. The van der Waals surface area contributed by atoms with Crippen LogP contribution in [0.5, 0.6) is 0 Å². The van der Waals surface area contributed by atoms with Crippen LogP contribution in [-0.4, -0.2) is 36.4 Å². The van der Waals surface area contributed by atoms with Crippen molar-refractivity contribution < 1.29 is 9.26 Å². The fraction of sp³-hybridized carbons (Fsp3) is 0.867. The van der Waals surface area contributed by atoms with E-state index in [9.17, 15) is 0 Å². The first-order valence-electron chi connectivity index (χ1n) is 8.04. The molecule has 1 spiro atoms. The molecule has 23 heavy (non-hydrogen) atoms. The molecular weight excluding hydrogens is 339 g/mol. The molecule has 0 bridgehead atoms. The summed E-state index contributed by atoms with van der Waals surface area (Å²) in [5, 5.41) is 11.0. The summed E-state index contributed by atoms with van der Waals surface area (Å²) in [5.74, 6) is 1.27. The van der Waals surface area contributed by atoms with Crippen LogP contribution in [0.2, 0.25) is 0 Å². The Kier molecular flexibility index (Phi) is 8.79. The number of aromatic nitrogens is 2. The Bertz CT molecular complexity index is 442. The third-order valence-electron chi connectivity index (χ3n) is 5.04. The first kappa shape index (κ1) is 20.6. The van der Waals surface area contributed by atoms with Crippen LogP contribution in [-0.2, 0) is 17.9 Å². The molecule has 6 nitrogen and oxygen atoms in total. The Hall–Kier alpha value is -0.400. The summed E-state index contributed by atoms with van der Waals surface area (Å²) in [6.45, 7) is 3.46. The van der Waals surface area contributed by atoms with Crippen LogP contribution >= 0.6 is 24.8 Å². The van der Waals surface area contributed by atoms with Crippen molar-refractivity contribution in [1.82, 2.24) is 20.8 Å². The SMILES string of the molecule is COCc1nc(CNC2CCC3(CCNCC3)CC2)no1.Cl.Cl. The smallest absolute Gasteiger partial charge is 0.252 e. The lowest BCUT2D eigenvalue weighted by molar-refractivity contribution is 0.115. The third-order valence-corrected chi connectivity index (χ3v) is 5.04. The van der Waals surface area contributed by atoms with Crippen molar-refractivity contribution in [3.8, 4) is 0 Å². The third kappa shape index (κ3) is 5.57. The molecule has 1 saturated carbocycles. The highest BCUT2D eigenvalue weighted by atomic mass is 35.5. The number of hydrogen-bond donors (Lipinski definition) is 2. The van der Waals surface area contributed by atoms with E-state index in [1.54, 1.807) is 7.11 Å². The summed E-state index contributed by atoms with van der Waals surface area (Å²) >= 11 is 0. The van der Waals surface area contributed by atoms with E-state index in [-0.39, 0.29) is 24.8 Å². The molecule has 1 aliphatic heterocycles. The maximum atomic E-state index is 5.10. The Morgan fingerprint density at radius 3 is 2.57 bits per heavy atom. The highest BCUT2D eigenvalue weighted by Crippen LogP contribution is 2.43. The molecule has 1 aromatic heterocycles. The zero-order valence-corrected chi connectivity index (χ0v) is 15.3. The number of nitrogens with one attached hydrogen (secondary N) is 2. The molecule has 0 atom stereocenters. The minimum Gasteiger partial charge on any atom is -0.375 e. The summed E-state index contributed by atoms with van der Waals surface area (Å²) in [5.41, 5.74) is 0.626. The number of rotatable bonds is 5. The van der Waals surface area contributed by atoms with Crippen LogP contribution in [0.25, 0.3) is 0 Å². The van der Waals surface area contributed by atoms with Crippen molar-refractivity contribution in [3.63, 3.8) is 0 Å². The average Bonchev–Trinajstić information content (AvgIpc) is 2.96. The minimum atomic E-state index is 0. The Labute approximate surface area is 150 Å². The number of hydrogen-bond acceptors (Lipinski definition) is 6. The summed E-state index contributed by atoms with van der Waals surface area (Å²) in [6, 6.07) is 0.592. The topological polar surface area (TPSA) is 72.2 Å². The van der Waals surface area contributed by atoms with Gasteiger partial charge in [-0.3, -0.25) is 0 Å². The number of ether oxygens (including phenoxy) is 1. The van der Waals surface area contributed by atoms with Gasteiger partial charge in [0.15, 0.2) is 5.82 Å². The van der Waals surface area contributed by atoms with Gasteiger partial charge in [-0.05, 0) is 57.0 Å². The highest BCUT2D eigenvalue weighted by molar-refractivity contribution is 5.85. The number of halogens is 2. The molecule has 2 heterocycles. The summed E-state index contributed by atoms with van der Waals surface area (Å²) in [4.78, 5) is 4.29. The monoisotopic (exact) mass is 366 g/mol. The lowest BCUT2D eigenvalue weighted by Crippen LogP contribution is -2.43. The maximum absolute atomic E-state index is 5.10. The van der Waals surface area contributed by atoms with Crippen LogP contribution in [0.4, 0.5) is 0 Å². The van der Waals surface area contributed by atoms with Crippen molar-refractivity contribution in [2.24, 2.45) is 5.41 Å². The van der Waals surface area contributed by atoms with Gasteiger partial charge in [-0.25, -0.2) is 0 Å². The van der Waals surface area contributed by atoms with E-state index in [0.29, 0.717) is 30.5 Å². The van der Waals surface area contributed by atoms with Crippen molar-refractivity contribution in [1.29, 1.82) is 0 Å². The molecule has 1 saturated heterocycles. The molecule has 1 aromatic rings. The quantitative estimate of drug-likeness (QED) is 0.833. The molecule has 2 fully saturated rings. The molecule has 2 aliphatic rings. The molecule has 0 radical (unpaired) electrons. The van der Waals surface area contributed by atoms with Crippen LogP contribution in [0.3, 0.4) is 0 Å². The molecule has 134 valence electrons. The van der Waals surface area contributed by atoms with E-state index >= 15 is 0 Å². The van der Waals surface area contributed by atoms with Gasteiger partial charge in [0.1, 0.15) is 6.61 Å². The van der Waals surface area contributed by atoms with Gasteiger partial charge < -0.3 is 19.9 Å². The molecule has 0 amide bonds. The molecule has 0 unspecified atom stereocenters. The lowest BCUT2D eigenvalue weighted by Gasteiger charge is -2.43. The molecular formula is C15H28Cl2N4O2. The van der Waals surface area contributed by atoms with Crippen molar-refractivity contribution in [3.05, 3.63) is 11.7 Å². The summed E-state index contributed by atoms with van der Waals surface area (Å²) in [6.07, 6.45) is 7.95. The summed E-state index contributed by atoms with van der Waals surface area (Å²) < 4.78 is 10.1. The van der Waals surface area contributed by atoms with Gasteiger partial charge in [-0.1, -0.05) is 5.16 Å². The standard InChI is InChI=1S/C15H26N4O2.2ClH/c1-20-11-14-18-13(19-21-14)10-17-12-2-4-15(5-3-12)6-8-16-9-7-15;;/h12,16-17H,2-11H2,1H3;2*1H. The van der Waals surface area contributed by atoms with Crippen molar-refractivity contribution in [2.45, 2.75) is 57.7 Å². The van der Waals surface area contributed by atoms with Gasteiger partial charge in [0.25, 0.3) is 5.89 Å². The van der Waals surface area contributed by atoms with Gasteiger partial charge in [-0.15, -0.1) is 24.8 Å². The number of nitrogens with zero attached hydrogens (tertiary/aromatic N) is 2. The van der Waals surface area contributed by atoms with E-state index in [4.69, 9.17) is 9.26 Å². The van der Waals surface area contributed by atoms with Gasteiger partial charge in [-0.2, -0.15) is 4.98 Å². The average molecular weight is 367 g/mol. The first-order chi connectivity index (χ1) is 10.3. The van der Waals surface area contributed by atoms with Gasteiger partial charge in [0.05, 0.1) is 6.54 Å². The number of methoxy groups -OCH3 is 1. The van der Waals surface area contributed by atoms with Crippen LogP contribution in [0, 0.1) is 5.41 Å². The largest absolute Gasteiger partial charge is 0.375 e. The lowest BCUT2D eigenvalue weighted by atomic mass is 9.67. The van der Waals surface area contributed by atoms with Gasteiger partial charge >= 0.3 is 0 Å². The van der Waals surface area contributed by atoms with Crippen molar-refractivity contribution >= 4 is 24.8 Å². The molecule has 2 N–H and O–H groups in total. The van der Waals surface area contributed by atoms with E-state index in [1.807, 2.05) is 0 Å². The Morgan fingerprint density at radius 1 is 1.22 bits per heavy atom. The fourth-order valence-electron chi connectivity index (χ4n) is 3.67. The molecule has 8 heteroatoms. The predicted molar refractivity (Wildman–Crippen MR) is 93.1 cm³/mol. The zero-order valence-electron chi connectivity index (χ0n) is 13.7. The molecule has 0 aromatic carbocycles. The predicted octanol–water partition coefficient (Wildman–Crippen LogP) is 2.46. The first-order valence-corrected chi connectivity index (χ1v) is 8.04. The minimum absolute atomic E-state index is 0. The van der Waals surface area contributed by atoms with Crippen LogP contribution in [0.15, 0.2) is 4.52 Å².